The molecule has 0 radical (unpaired) electrons. The van der Waals surface area contributed by atoms with Gasteiger partial charge in [0.05, 0.1) is 32.0 Å². The highest BCUT2D eigenvalue weighted by atomic mass is 16.7. The number of unbranched alkanes of at least 4 members (excludes halogenated alkanes) is 26. The lowest BCUT2D eigenvalue weighted by Gasteiger charge is -2.46. The number of carbonyl (C=O) groups is 1. The minimum Gasteiger partial charge on any atom is -0.394 e. The molecule has 2 saturated heterocycles. The van der Waals surface area contributed by atoms with Crippen LogP contribution in [0.15, 0.2) is 109 Å². The second-order valence-electron chi connectivity index (χ2n) is 23.9. The van der Waals surface area contributed by atoms with E-state index in [1.807, 2.05) is 6.08 Å². The Labute approximate surface area is 527 Å². The predicted molar refractivity (Wildman–Crippen MR) is 355 cm³/mol. The predicted octanol–water partition coefficient (Wildman–Crippen LogP) is 14.0. The standard InChI is InChI=1S/C73H125NO13/c1-3-5-7-9-11-13-15-17-19-21-23-25-27-29-30-31-32-33-35-37-39-41-43-45-47-49-51-53-55-57-65(78)74-61(60-84-72-70(83)68(81)71(64(59-76)86-72)87-73-69(82)67(80)66(79)63(58-75)85-73)62(77)56-54-52-50-48-46-44-42-40-38-36-34-28-26-24-22-20-18-16-14-12-10-8-6-4-2/h5,7,11,13,17,19,23,25,29-30,32-33,37,39,43,45,54,56,61-64,66-73,75-77,79-83H,3-4,6,8-10,12,14-16,18,20-22,24,26-28,31,34-36,38,40-42,44,46-53,55,57-60H2,1-2H3,(H,74,78)/b7-5-,13-11-,19-17-,25-23-,30-29-,33-32-,39-37-,45-43-,56-54+. The number of rotatable bonds is 55. The third-order valence-electron chi connectivity index (χ3n) is 16.2. The van der Waals surface area contributed by atoms with Gasteiger partial charge in [0.1, 0.15) is 48.8 Å². The summed E-state index contributed by atoms with van der Waals surface area (Å²) in [5, 5.41) is 87.4. The van der Waals surface area contributed by atoms with Gasteiger partial charge in [0.2, 0.25) is 5.91 Å². The smallest absolute Gasteiger partial charge is 0.220 e. The molecule has 9 N–H and O–H groups in total. The van der Waals surface area contributed by atoms with Crippen LogP contribution in [0.3, 0.4) is 0 Å². The Balaban J connectivity index is 1.73. The monoisotopic (exact) mass is 1220 g/mol. The van der Waals surface area contributed by atoms with Gasteiger partial charge in [-0.25, -0.2) is 0 Å². The van der Waals surface area contributed by atoms with Gasteiger partial charge in [-0.2, -0.15) is 0 Å². The molecule has 0 aromatic heterocycles. The maximum atomic E-state index is 13.3. The molecule has 12 unspecified atom stereocenters. The first-order chi connectivity index (χ1) is 42.6. The lowest BCUT2D eigenvalue weighted by molar-refractivity contribution is -0.359. The fourth-order valence-electron chi connectivity index (χ4n) is 10.7. The number of aliphatic hydroxyl groups excluding tert-OH is 8. The van der Waals surface area contributed by atoms with Crippen LogP contribution in [0.4, 0.5) is 0 Å². The molecule has 12 atom stereocenters. The number of amides is 1. The van der Waals surface area contributed by atoms with Gasteiger partial charge in [0, 0.05) is 6.42 Å². The Morgan fingerprint density at radius 3 is 1.22 bits per heavy atom. The fraction of sp³-hybridized carbons (Fsp3) is 0.740. The molecule has 0 saturated carbocycles. The molecular formula is C73H125NO13. The van der Waals surface area contributed by atoms with E-state index in [0.717, 1.165) is 96.3 Å². The molecule has 2 heterocycles. The molecule has 0 spiro atoms. The summed E-state index contributed by atoms with van der Waals surface area (Å²) in [5.74, 6) is -0.266. The van der Waals surface area contributed by atoms with Crippen molar-refractivity contribution < 1.29 is 64.6 Å². The van der Waals surface area contributed by atoms with Gasteiger partial charge in [-0.05, 0) is 83.5 Å². The first-order valence-electron chi connectivity index (χ1n) is 34.6. The maximum absolute atomic E-state index is 13.3. The van der Waals surface area contributed by atoms with Crippen molar-refractivity contribution in [1.29, 1.82) is 0 Å². The lowest BCUT2D eigenvalue weighted by Crippen LogP contribution is -2.65. The number of nitrogens with one attached hydrogen (secondary N) is 1. The van der Waals surface area contributed by atoms with E-state index in [-0.39, 0.29) is 18.9 Å². The zero-order valence-electron chi connectivity index (χ0n) is 54.2. The van der Waals surface area contributed by atoms with Crippen LogP contribution in [0, 0.1) is 0 Å². The minimum absolute atomic E-state index is 0.245. The molecule has 1 amide bonds. The van der Waals surface area contributed by atoms with Crippen molar-refractivity contribution in [3.05, 3.63) is 109 Å². The summed E-state index contributed by atoms with van der Waals surface area (Å²) in [6, 6.07) is -0.938. The van der Waals surface area contributed by atoms with Crippen molar-refractivity contribution in [1.82, 2.24) is 5.32 Å². The SMILES string of the molecule is CC/C=C\C/C=C\C/C=C\C/C=C\C/C=C\C/C=C\C/C=C\C/C=C\CCCCCCC(=O)NC(COC1OC(CO)C(OC2OC(CO)C(O)C(O)C2O)C(O)C1O)C(O)/C=C/CCCCCCCCCCCCCCCCCCCCCCCC. The molecule has 2 aliphatic heterocycles. The Kier molecular flexibility index (Phi) is 51.9. The molecule has 2 aliphatic rings. The molecule has 0 aromatic rings. The highest BCUT2D eigenvalue weighted by Crippen LogP contribution is 2.30. The van der Waals surface area contributed by atoms with Crippen LogP contribution in [0.1, 0.15) is 251 Å². The molecule has 0 bridgehead atoms. The Bertz CT molecular complexity index is 1880. The molecule has 14 heteroatoms. The second-order valence-corrected chi connectivity index (χ2v) is 23.9. The van der Waals surface area contributed by atoms with E-state index in [1.165, 1.54) is 128 Å². The molecule has 87 heavy (non-hydrogen) atoms. The number of aliphatic hydroxyl groups is 8. The molecule has 2 fully saturated rings. The summed E-state index contributed by atoms with van der Waals surface area (Å²) in [5.41, 5.74) is 0. The number of hydrogen-bond donors (Lipinski definition) is 9. The zero-order valence-corrected chi connectivity index (χ0v) is 54.2. The van der Waals surface area contributed by atoms with Crippen molar-refractivity contribution in [2.75, 3.05) is 19.8 Å². The highest BCUT2D eigenvalue weighted by Gasteiger charge is 2.51. The highest BCUT2D eigenvalue weighted by molar-refractivity contribution is 5.76. The number of ether oxygens (including phenoxy) is 4. The van der Waals surface area contributed by atoms with Crippen LogP contribution >= 0.6 is 0 Å². The molecule has 2 rings (SSSR count). The van der Waals surface area contributed by atoms with E-state index in [2.05, 4.69) is 116 Å². The van der Waals surface area contributed by atoms with E-state index in [0.29, 0.717) is 6.42 Å². The summed E-state index contributed by atoms with van der Waals surface area (Å²) in [7, 11) is 0. The van der Waals surface area contributed by atoms with Crippen molar-refractivity contribution in [2.24, 2.45) is 0 Å². The molecule has 500 valence electrons. The summed E-state index contributed by atoms with van der Waals surface area (Å²) >= 11 is 0. The quantitative estimate of drug-likeness (QED) is 0.0204. The zero-order chi connectivity index (χ0) is 63.1. The van der Waals surface area contributed by atoms with E-state index in [4.69, 9.17) is 18.9 Å². The minimum atomic E-state index is -1.80. The van der Waals surface area contributed by atoms with Crippen LogP contribution in [-0.2, 0) is 23.7 Å². The number of allylic oxidation sites excluding steroid dienone is 17. The van der Waals surface area contributed by atoms with Crippen LogP contribution < -0.4 is 5.32 Å². The van der Waals surface area contributed by atoms with Crippen LogP contribution in [-0.4, -0.2) is 140 Å². The van der Waals surface area contributed by atoms with Gasteiger partial charge < -0.3 is 65.1 Å². The van der Waals surface area contributed by atoms with Gasteiger partial charge in [-0.3, -0.25) is 4.79 Å². The first-order valence-corrected chi connectivity index (χ1v) is 34.6. The first kappa shape index (κ1) is 79.7. The maximum Gasteiger partial charge on any atom is 0.220 e. The average Bonchev–Trinajstić information content (AvgIpc) is 1.55. The molecular weight excluding hydrogens is 1100 g/mol. The third-order valence-corrected chi connectivity index (χ3v) is 16.2. The fourth-order valence-corrected chi connectivity index (χ4v) is 10.7. The third kappa shape index (κ3) is 40.9. The summed E-state index contributed by atoms with van der Waals surface area (Å²) in [4.78, 5) is 13.3. The second kappa shape index (κ2) is 56.6. The topological polar surface area (TPSA) is 228 Å². The van der Waals surface area contributed by atoms with E-state index in [9.17, 15) is 45.6 Å². The van der Waals surface area contributed by atoms with Crippen molar-refractivity contribution in [3.63, 3.8) is 0 Å². The summed E-state index contributed by atoms with van der Waals surface area (Å²) in [6.07, 6.45) is 64.1. The molecule has 0 aromatic carbocycles. The average molecular weight is 1220 g/mol. The normalized spacial score (nSPS) is 24.0. The van der Waals surface area contributed by atoms with Gasteiger partial charge in [-0.15, -0.1) is 0 Å². The van der Waals surface area contributed by atoms with Crippen molar-refractivity contribution >= 4 is 5.91 Å². The van der Waals surface area contributed by atoms with Gasteiger partial charge in [-0.1, -0.05) is 271 Å². The van der Waals surface area contributed by atoms with Crippen LogP contribution in [0.25, 0.3) is 0 Å². The summed E-state index contributed by atoms with van der Waals surface area (Å²) in [6.45, 7) is 2.68. The van der Waals surface area contributed by atoms with Crippen molar-refractivity contribution in [3.8, 4) is 0 Å². The van der Waals surface area contributed by atoms with E-state index in [1.54, 1.807) is 6.08 Å². The van der Waals surface area contributed by atoms with Crippen molar-refractivity contribution in [2.45, 2.75) is 325 Å². The van der Waals surface area contributed by atoms with Crippen LogP contribution in [0.2, 0.25) is 0 Å². The Hall–Kier alpha value is -3.35. The van der Waals surface area contributed by atoms with Gasteiger partial charge in [0.15, 0.2) is 12.6 Å². The number of carbonyl (C=O) groups excluding carboxylic acids is 1. The largest absolute Gasteiger partial charge is 0.394 e. The van der Waals surface area contributed by atoms with Crippen LogP contribution in [0.5, 0.6) is 0 Å². The van der Waals surface area contributed by atoms with Gasteiger partial charge >= 0.3 is 0 Å². The summed E-state index contributed by atoms with van der Waals surface area (Å²) < 4.78 is 22.8. The number of hydrogen-bond acceptors (Lipinski definition) is 13. The Morgan fingerprint density at radius 2 is 0.793 bits per heavy atom. The Morgan fingerprint density at radius 1 is 0.425 bits per heavy atom. The van der Waals surface area contributed by atoms with E-state index >= 15 is 0 Å². The molecule has 0 aliphatic carbocycles. The van der Waals surface area contributed by atoms with E-state index < -0.39 is 86.8 Å². The van der Waals surface area contributed by atoms with Gasteiger partial charge in [0.25, 0.3) is 0 Å². The lowest BCUT2D eigenvalue weighted by atomic mass is 9.97. The molecule has 14 nitrogen and oxygen atoms in total.